The van der Waals surface area contributed by atoms with E-state index in [1.54, 1.807) is 0 Å². The molecule has 2 nitrogen and oxygen atoms in total. The van der Waals surface area contributed by atoms with Gasteiger partial charge >= 0.3 is 17.4 Å². The Labute approximate surface area is 154 Å². The van der Waals surface area contributed by atoms with Crippen molar-refractivity contribution in [2.24, 2.45) is 0 Å². The zero-order chi connectivity index (χ0) is 19.4. The number of hydrogen-bond donors (Lipinski definition) is 0. The van der Waals surface area contributed by atoms with Crippen molar-refractivity contribution in [3.05, 3.63) is 21.5 Å². The fraction of sp³-hybridized carbons (Fsp3) is 0.636. The first-order chi connectivity index (χ1) is 10.4. The van der Waals surface area contributed by atoms with Crippen LogP contribution < -0.4 is 0 Å². The summed E-state index contributed by atoms with van der Waals surface area (Å²) in [5.41, 5.74) is 0. The molecule has 0 heterocycles. The molecule has 0 bridgehead atoms. The average molecular weight is 532 g/mol. The molecule has 0 spiro atoms. The predicted molar refractivity (Wildman–Crippen MR) is 81.6 cm³/mol. The van der Waals surface area contributed by atoms with Gasteiger partial charge in [0.1, 0.15) is 0 Å². The van der Waals surface area contributed by atoms with Crippen molar-refractivity contribution in [2.45, 2.75) is 40.4 Å². The highest BCUT2D eigenvalue weighted by Crippen LogP contribution is 2.52. The minimum atomic E-state index is -6.78. The summed E-state index contributed by atoms with van der Waals surface area (Å²) in [6.45, 7) is 1.35. The lowest BCUT2D eigenvalue weighted by Crippen LogP contribution is -2.56. The first-order valence-corrected chi connectivity index (χ1v) is 9.39. The average Bonchev–Trinajstić information content (AvgIpc) is 2.35. The van der Waals surface area contributed by atoms with Gasteiger partial charge < -0.3 is 0 Å². The normalized spacial score (nSPS) is 25.1. The number of sulfone groups is 1. The highest BCUT2D eigenvalue weighted by Gasteiger charge is 2.79. The quantitative estimate of drug-likeness (QED) is 0.353. The number of alkyl halides is 9. The van der Waals surface area contributed by atoms with Gasteiger partial charge in [-0.25, -0.2) is 8.42 Å². The summed E-state index contributed by atoms with van der Waals surface area (Å²) in [4.78, 5) is -1.40. The topological polar surface area (TPSA) is 34.1 Å². The molecule has 0 fully saturated rings. The fourth-order valence-corrected chi connectivity index (χ4v) is 5.18. The van der Waals surface area contributed by atoms with E-state index in [-0.39, 0.29) is 10.9 Å². The van der Waals surface area contributed by atoms with Gasteiger partial charge in [-0.15, -0.1) is 11.6 Å². The van der Waals surface area contributed by atoms with Gasteiger partial charge in [-0.05, 0) is 30.0 Å². The molecule has 0 aromatic heterocycles. The molecule has 0 radical (unpaired) electrons. The highest BCUT2D eigenvalue weighted by atomic mass is 79.9. The maximum atomic E-state index is 13.6. The second kappa shape index (κ2) is 6.41. The van der Waals surface area contributed by atoms with Crippen LogP contribution in [-0.4, -0.2) is 35.5 Å². The molecule has 13 heteroatoms. The van der Waals surface area contributed by atoms with Gasteiger partial charge in [-0.3, -0.25) is 0 Å². The van der Waals surface area contributed by atoms with E-state index >= 15 is 0 Å². The SMILES string of the molecule is CC(Cl)C1(Br)C=C(S(=O)(=O)C(F)(F)C(F)(F)C(F)(F)F)C=C(Br)C1. The first-order valence-electron chi connectivity index (χ1n) is 5.89. The van der Waals surface area contributed by atoms with Crippen molar-refractivity contribution in [3.8, 4) is 0 Å². The lowest BCUT2D eigenvalue weighted by atomic mass is 9.97. The van der Waals surface area contributed by atoms with Gasteiger partial charge in [0, 0.05) is 5.38 Å². The summed E-state index contributed by atoms with van der Waals surface area (Å²) >= 11 is 11.6. The predicted octanol–water partition coefficient (Wildman–Crippen LogP) is 5.52. The number of allylic oxidation sites excluding steroid dienone is 3. The van der Waals surface area contributed by atoms with Crippen molar-refractivity contribution in [2.75, 3.05) is 0 Å². The molecule has 1 aliphatic rings. The van der Waals surface area contributed by atoms with E-state index < -0.39 is 41.8 Å². The van der Waals surface area contributed by atoms with Crippen molar-refractivity contribution in [1.29, 1.82) is 0 Å². The second-order valence-electron chi connectivity index (χ2n) is 4.95. The van der Waals surface area contributed by atoms with Gasteiger partial charge in [-0.2, -0.15) is 30.7 Å². The summed E-state index contributed by atoms with van der Waals surface area (Å²) in [5.74, 6) is -6.78. The first kappa shape index (κ1) is 22.2. The standard InChI is InChI=1S/C11H8Br2ClF7O2S/c1-5(14)8(13)3-6(12)2-7(4-8)24(22,23)11(20,21)9(15,16)10(17,18)19/h2,4-5H,3H2,1H3. The van der Waals surface area contributed by atoms with E-state index in [4.69, 9.17) is 11.6 Å². The lowest BCUT2D eigenvalue weighted by Gasteiger charge is -2.33. The number of halogens is 10. The van der Waals surface area contributed by atoms with Gasteiger partial charge in [0.15, 0.2) is 0 Å². The summed E-state index contributed by atoms with van der Waals surface area (Å²) in [7, 11) is -6.38. The van der Waals surface area contributed by atoms with E-state index in [0.717, 1.165) is 0 Å². The van der Waals surface area contributed by atoms with Crippen LogP contribution in [0.25, 0.3) is 0 Å². The van der Waals surface area contributed by atoms with Crippen LogP contribution in [-0.2, 0) is 9.84 Å². The van der Waals surface area contributed by atoms with Crippen LogP contribution in [0.1, 0.15) is 13.3 Å². The molecule has 0 saturated heterocycles. The van der Waals surface area contributed by atoms with Crippen LogP contribution in [0.4, 0.5) is 30.7 Å². The van der Waals surface area contributed by atoms with Crippen LogP contribution in [0, 0.1) is 0 Å². The Morgan fingerprint density at radius 2 is 1.67 bits per heavy atom. The maximum Gasteiger partial charge on any atom is 0.461 e. The summed E-state index contributed by atoms with van der Waals surface area (Å²) in [5, 5.41) is -7.31. The molecule has 0 aromatic carbocycles. The molecular weight excluding hydrogens is 524 g/mol. The molecule has 140 valence electrons. The largest absolute Gasteiger partial charge is 0.461 e. The molecule has 0 aliphatic heterocycles. The third-order valence-corrected chi connectivity index (χ3v) is 7.30. The number of rotatable bonds is 4. The van der Waals surface area contributed by atoms with Crippen LogP contribution in [0.15, 0.2) is 21.5 Å². The molecular formula is C11H8Br2ClF7O2S. The zero-order valence-electron chi connectivity index (χ0n) is 11.4. The minimum absolute atomic E-state index is 0.0286. The Morgan fingerprint density at radius 1 is 1.21 bits per heavy atom. The molecule has 0 amide bonds. The lowest BCUT2D eigenvalue weighted by molar-refractivity contribution is -0.331. The van der Waals surface area contributed by atoms with E-state index in [1.807, 2.05) is 0 Å². The maximum absolute atomic E-state index is 13.6. The summed E-state index contributed by atoms with van der Waals surface area (Å²) in [6.07, 6.45) is -5.66. The Morgan fingerprint density at radius 3 is 2.04 bits per heavy atom. The van der Waals surface area contributed by atoms with Crippen molar-refractivity contribution in [3.63, 3.8) is 0 Å². The second-order valence-corrected chi connectivity index (χ2v) is 10.1. The van der Waals surface area contributed by atoms with E-state index in [9.17, 15) is 39.2 Å². The van der Waals surface area contributed by atoms with Gasteiger partial charge in [0.25, 0.3) is 0 Å². The van der Waals surface area contributed by atoms with Crippen LogP contribution >= 0.6 is 43.5 Å². The summed E-state index contributed by atoms with van der Waals surface area (Å²) < 4.78 is 112. The fourth-order valence-electron chi connectivity index (χ4n) is 1.69. The third kappa shape index (κ3) is 3.52. The number of hydrogen-bond acceptors (Lipinski definition) is 2. The molecule has 0 saturated carbocycles. The Bertz CT molecular complexity index is 685. The van der Waals surface area contributed by atoms with E-state index in [1.165, 1.54) is 6.92 Å². The van der Waals surface area contributed by atoms with Gasteiger partial charge in [-0.1, -0.05) is 31.9 Å². The Hall–Kier alpha value is 0.190. The van der Waals surface area contributed by atoms with Crippen LogP contribution in [0.3, 0.4) is 0 Å². The molecule has 2 unspecified atom stereocenters. The molecule has 1 rings (SSSR count). The van der Waals surface area contributed by atoms with Crippen LogP contribution in [0.2, 0.25) is 0 Å². The van der Waals surface area contributed by atoms with Gasteiger partial charge in [0.2, 0.25) is 9.84 Å². The van der Waals surface area contributed by atoms with Gasteiger partial charge in [0.05, 0.1) is 9.23 Å². The molecule has 0 N–H and O–H groups in total. The van der Waals surface area contributed by atoms with E-state index in [0.29, 0.717) is 12.2 Å². The molecule has 2 atom stereocenters. The van der Waals surface area contributed by atoms with Crippen molar-refractivity contribution < 1.29 is 39.2 Å². The molecule has 24 heavy (non-hydrogen) atoms. The highest BCUT2D eigenvalue weighted by molar-refractivity contribution is 9.12. The molecule has 0 aromatic rings. The van der Waals surface area contributed by atoms with Crippen molar-refractivity contribution >= 4 is 53.3 Å². The Kier molecular flexibility index (Phi) is 5.94. The third-order valence-electron chi connectivity index (χ3n) is 3.15. The monoisotopic (exact) mass is 530 g/mol. The smallest absolute Gasteiger partial charge is 0.217 e. The van der Waals surface area contributed by atoms with Crippen molar-refractivity contribution in [1.82, 2.24) is 0 Å². The summed E-state index contributed by atoms with van der Waals surface area (Å²) in [6, 6.07) is 0. The zero-order valence-corrected chi connectivity index (χ0v) is 16.2. The van der Waals surface area contributed by atoms with Crippen LogP contribution in [0.5, 0.6) is 0 Å². The molecule has 1 aliphatic carbocycles. The minimum Gasteiger partial charge on any atom is -0.217 e. The van der Waals surface area contributed by atoms with E-state index in [2.05, 4.69) is 31.9 Å². The Balaban J connectivity index is 3.57.